The fourth-order valence-electron chi connectivity index (χ4n) is 0.985. The van der Waals surface area contributed by atoms with Gasteiger partial charge < -0.3 is 4.74 Å². The molecule has 76 valence electrons. The maximum absolute atomic E-state index is 10.6. The number of nitrogens with one attached hydrogen (secondary N) is 1. The molecule has 0 aliphatic carbocycles. The lowest BCUT2D eigenvalue weighted by Gasteiger charge is -2.02. The fourth-order valence-corrected chi connectivity index (χ4v) is 0.985. The van der Waals surface area contributed by atoms with Gasteiger partial charge in [0.1, 0.15) is 0 Å². The highest BCUT2D eigenvalue weighted by atomic mass is 16.5. The Morgan fingerprint density at radius 1 is 1.36 bits per heavy atom. The van der Waals surface area contributed by atoms with E-state index in [1.807, 2.05) is 30.3 Å². The summed E-state index contributed by atoms with van der Waals surface area (Å²) in [5.74, 6) is -0.432. The van der Waals surface area contributed by atoms with E-state index in [2.05, 4.69) is 0 Å². The molecule has 14 heavy (non-hydrogen) atoms. The second-order valence-electron chi connectivity index (χ2n) is 2.82. The van der Waals surface area contributed by atoms with Crippen molar-refractivity contribution in [3.05, 3.63) is 35.9 Å². The molecule has 1 amide bonds. The summed E-state index contributed by atoms with van der Waals surface area (Å²) < 4.78 is 5.22. The highest BCUT2D eigenvalue weighted by Gasteiger charge is 1.98. The van der Waals surface area contributed by atoms with Crippen LogP contribution in [-0.2, 0) is 16.1 Å². The second-order valence-corrected chi connectivity index (χ2v) is 2.82. The Hall–Kier alpha value is -1.39. The average Bonchev–Trinajstić information content (AvgIpc) is 2.25. The first-order chi connectivity index (χ1) is 6.83. The zero-order chi connectivity index (χ0) is 10.2. The van der Waals surface area contributed by atoms with Crippen molar-refractivity contribution in [3.8, 4) is 0 Å². The van der Waals surface area contributed by atoms with Gasteiger partial charge >= 0.3 is 0 Å². The van der Waals surface area contributed by atoms with Crippen molar-refractivity contribution < 1.29 is 14.7 Å². The van der Waals surface area contributed by atoms with E-state index >= 15 is 0 Å². The van der Waals surface area contributed by atoms with Crippen LogP contribution in [0.2, 0.25) is 0 Å². The molecule has 0 aliphatic rings. The number of ether oxygens (including phenoxy) is 1. The molecular weight excluding hydrogens is 182 g/mol. The van der Waals surface area contributed by atoms with Gasteiger partial charge in [0.05, 0.1) is 19.6 Å². The van der Waals surface area contributed by atoms with Crippen LogP contribution in [0.1, 0.15) is 12.0 Å². The van der Waals surface area contributed by atoms with Gasteiger partial charge in [-0.1, -0.05) is 30.3 Å². The van der Waals surface area contributed by atoms with Gasteiger partial charge in [-0.3, -0.25) is 10.0 Å². The molecule has 0 bridgehead atoms. The van der Waals surface area contributed by atoms with E-state index in [0.29, 0.717) is 13.2 Å². The second kappa shape index (κ2) is 6.12. The van der Waals surface area contributed by atoms with Crippen LogP contribution >= 0.6 is 0 Å². The van der Waals surface area contributed by atoms with Gasteiger partial charge in [0.25, 0.3) is 0 Å². The predicted molar refractivity (Wildman–Crippen MR) is 50.6 cm³/mol. The molecule has 0 spiro atoms. The van der Waals surface area contributed by atoms with Gasteiger partial charge in [-0.25, -0.2) is 5.48 Å². The minimum Gasteiger partial charge on any atom is -0.376 e. The molecule has 2 N–H and O–H groups in total. The zero-order valence-corrected chi connectivity index (χ0v) is 7.77. The van der Waals surface area contributed by atoms with Crippen molar-refractivity contribution in [3.63, 3.8) is 0 Å². The molecule has 0 saturated heterocycles. The number of carbonyl (C=O) groups excluding carboxylic acids is 1. The Morgan fingerprint density at radius 3 is 2.71 bits per heavy atom. The fraction of sp³-hybridized carbons (Fsp3) is 0.300. The molecule has 1 aromatic carbocycles. The average molecular weight is 195 g/mol. The van der Waals surface area contributed by atoms with Crippen molar-refractivity contribution in [2.24, 2.45) is 0 Å². The van der Waals surface area contributed by atoms with Crippen LogP contribution < -0.4 is 5.48 Å². The molecule has 0 unspecified atom stereocenters. The molecule has 0 atom stereocenters. The number of hydrogen-bond donors (Lipinski definition) is 2. The summed E-state index contributed by atoms with van der Waals surface area (Å²) in [7, 11) is 0. The van der Waals surface area contributed by atoms with Crippen LogP contribution in [-0.4, -0.2) is 17.7 Å². The summed E-state index contributed by atoms with van der Waals surface area (Å²) in [6.45, 7) is 0.792. The van der Waals surface area contributed by atoms with Crippen molar-refractivity contribution in [2.45, 2.75) is 13.0 Å². The molecule has 0 saturated carbocycles. The van der Waals surface area contributed by atoms with Gasteiger partial charge in [0.2, 0.25) is 5.91 Å². The standard InChI is InChI=1S/C10H13NO3/c12-10(11-13)6-7-14-8-9-4-2-1-3-5-9/h1-5,13H,6-8H2,(H,11,12). The lowest BCUT2D eigenvalue weighted by molar-refractivity contribution is -0.130. The number of hydrogen-bond acceptors (Lipinski definition) is 3. The monoisotopic (exact) mass is 195 g/mol. The molecular formula is C10H13NO3. The zero-order valence-electron chi connectivity index (χ0n) is 7.77. The minimum atomic E-state index is -0.432. The highest BCUT2D eigenvalue weighted by Crippen LogP contribution is 2.00. The third kappa shape index (κ3) is 4.02. The van der Waals surface area contributed by atoms with Crippen LogP contribution in [0.4, 0.5) is 0 Å². The third-order valence-corrected chi connectivity index (χ3v) is 1.71. The normalized spacial score (nSPS) is 9.79. The van der Waals surface area contributed by atoms with Gasteiger partial charge in [-0.2, -0.15) is 0 Å². The van der Waals surface area contributed by atoms with E-state index < -0.39 is 5.91 Å². The van der Waals surface area contributed by atoms with Crippen molar-refractivity contribution in [1.82, 2.24) is 5.48 Å². The third-order valence-electron chi connectivity index (χ3n) is 1.71. The summed E-state index contributed by atoms with van der Waals surface area (Å²) in [6, 6.07) is 9.69. The van der Waals surface area contributed by atoms with Crippen LogP contribution in [0.3, 0.4) is 0 Å². The van der Waals surface area contributed by atoms with Crippen LogP contribution in [0.25, 0.3) is 0 Å². The first-order valence-corrected chi connectivity index (χ1v) is 4.37. The number of carbonyl (C=O) groups is 1. The van der Waals surface area contributed by atoms with Crippen LogP contribution in [0.15, 0.2) is 30.3 Å². The summed E-state index contributed by atoms with van der Waals surface area (Å²) in [5.41, 5.74) is 2.61. The number of hydroxylamine groups is 1. The number of rotatable bonds is 5. The molecule has 0 fully saturated rings. The van der Waals surface area contributed by atoms with E-state index in [0.717, 1.165) is 5.56 Å². The SMILES string of the molecule is O=C(CCOCc1ccccc1)NO. The van der Waals surface area contributed by atoms with Crippen molar-refractivity contribution in [2.75, 3.05) is 6.61 Å². The largest absolute Gasteiger partial charge is 0.376 e. The topological polar surface area (TPSA) is 58.6 Å². The Bertz CT molecular complexity index is 274. The Morgan fingerprint density at radius 2 is 2.07 bits per heavy atom. The maximum atomic E-state index is 10.6. The van der Waals surface area contributed by atoms with E-state index in [-0.39, 0.29) is 6.42 Å². The molecule has 4 nitrogen and oxygen atoms in total. The number of amides is 1. The van der Waals surface area contributed by atoms with Crippen LogP contribution in [0.5, 0.6) is 0 Å². The van der Waals surface area contributed by atoms with Crippen molar-refractivity contribution in [1.29, 1.82) is 0 Å². The quantitative estimate of drug-likeness (QED) is 0.420. The smallest absolute Gasteiger partial charge is 0.245 e. The summed E-state index contributed by atoms with van der Waals surface area (Å²) in [4.78, 5) is 10.6. The van der Waals surface area contributed by atoms with Gasteiger partial charge in [-0.05, 0) is 5.56 Å². The molecule has 0 aromatic heterocycles. The van der Waals surface area contributed by atoms with E-state index in [1.54, 1.807) is 5.48 Å². The van der Waals surface area contributed by atoms with Gasteiger partial charge in [-0.15, -0.1) is 0 Å². The minimum absolute atomic E-state index is 0.170. The van der Waals surface area contributed by atoms with E-state index in [9.17, 15) is 4.79 Å². The molecule has 1 rings (SSSR count). The maximum Gasteiger partial charge on any atom is 0.245 e. The molecule has 0 radical (unpaired) electrons. The molecule has 1 aromatic rings. The highest BCUT2D eigenvalue weighted by molar-refractivity contribution is 5.74. The summed E-state index contributed by atoms with van der Waals surface area (Å²) in [5, 5.41) is 8.20. The molecule has 4 heteroatoms. The molecule has 0 aliphatic heterocycles. The van der Waals surface area contributed by atoms with Crippen molar-refractivity contribution >= 4 is 5.91 Å². The first-order valence-electron chi connectivity index (χ1n) is 4.37. The predicted octanol–water partition coefficient (Wildman–Crippen LogP) is 1.10. The number of benzene rings is 1. The Labute approximate surface area is 82.5 Å². The molecule has 0 heterocycles. The van der Waals surface area contributed by atoms with E-state index in [1.165, 1.54) is 0 Å². The summed E-state index contributed by atoms with van der Waals surface area (Å²) >= 11 is 0. The van der Waals surface area contributed by atoms with Gasteiger partial charge in [0, 0.05) is 0 Å². The van der Waals surface area contributed by atoms with E-state index in [4.69, 9.17) is 9.94 Å². The Kier molecular flexibility index (Phi) is 4.68. The Balaban J connectivity index is 2.13. The van der Waals surface area contributed by atoms with Gasteiger partial charge in [0.15, 0.2) is 0 Å². The lowest BCUT2D eigenvalue weighted by Crippen LogP contribution is -2.19. The summed E-state index contributed by atoms with van der Waals surface area (Å²) in [6.07, 6.45) is 0.170. The lowest BCUT2D eigenvalue weighted by atomic mass is 10.2. The first kappa shape index (κ1) is 10.7. The van der Waals surface area contributed by atoms with Crippen LogP contribution in [0, 0.1) is 0 Å².